The molecule has 0 amide bonds. The highest BCUT2D eigenvalue weighted by Gasteiger charge is 2.23. The molecule has 84 valence electrons. The third-order valence-corrected chi connectivity index (χ3v) is 3.14. The minimum Gasteiger partial charge on any atom is -0.381 e. The van der Waals surface area contributed by atoms with Gasteiger partial charge < -0.3 is 15.0 Å². The van der Waals surface area contributed by atoms with E-state index >= 15 is 0 Å². The van der Waals surface area contributed by atoms with E-state index in [1.807, 2.05) is 7.05 Å². The van der Waals surface area contributed by atoms with Gasteiger partial charge in [-0.1, -0.05) is 0 Å². The zero-order valence-corrected chi connectivity index (χ0v) is 9.97. The van der Waals surface area contributed by atoms with Gasteiger partial charge in [-0.2, -0.15) is 0 Å². The van der Waals surface area contributed by atoms with Gasteiger partial charge in [-0.3, -0.25) is 0 Å². The second-order valence-corrected chi connectivity index (χ2v) is 4.89. The average molecular weight is 200 g/mol. The van der Waals surface area contributed by atoms with Gasteiger partial charge in [0.05, 0.1) is 0 Å². The maximum Gasteiger partial charge on any atom is 0.0480 e. The van der Waals surface area contributed by atoms with Crippen LogP contribution in [0.25, 0.3) is 0 Å². The van der Waals surface area contributed by atoms with Crippen molar-refractivity contribution in [2.45, 2.75) is 38.3 Å². The van der Waals surface area contributed by atoms with E-state index in [0.717, 1.165) is 19.8 Å². The Balaban J connectivity index is 2.36. The highest BCUT2D eigenvalue weighted by molar-refractivity contribution is 4.82. The highest BCUT2D eigenvalue weighted by atomic mass is 16.5. The van der Waals surface area contributed by atoms with Gasteiger partial charge in [-0.15, -0.1) is 0 Å². The zero-order chi connectivity index (χ0) is 10.6. The number of hydrogen-bond acceptors (Lipinski definition) is 3. The number of nitrogens with zero attached hydrogens (tertiary/aromatic N) is 1. The van der Waals surface area contributed by atoms with Crippen molar-refractivity contribution in [3.63, 3.8) is 0 Å². The van der Waals surface area contributed by atoms with E-state index in [2.05, 4.69) is 31.1 Å². The number of likely N-dealkylation sites (N-methyl/N-ethyl adjacent to an activating group) is 2. The summed E-state index contributed by atoms with van der Waals surface area (Å²) in [6.45, 7) is 7.42. The van der Waals surface area contributed by atoms with Gasteiger partial charge in [0.25, 0.3) is 0 Å². The topological polar surface area (TPSA) is 24.5 Å². The minimum atomic E-state index is 0.201. The molecule has 0 spiro atoms. The van der Waals surface area contributed by atoms with Crippen molar-refractivity contribution in [1.29, 1.82) is 0 Å². The summed E-state index contributed by atoms with van der Waals surface area (Å²) in [5.41, 5.74) is 0.201. The Hall–Kier alpha value is -0.120. The van der Waals surface area contributed by atoms with Gasteiger partial charge in [0.1, 0.15) is 0 Å². The summed E-state index contributed by atoms with van der Waals surface area (Å²) in [7, 11) is 4.24. The molecule has 0 aliphatic carbocycles. The smallest absolute Gasteiger partial charge is 0.0480 e. The highest BCUT2D eigenvalue weighted by Crippen LogP contribution is 2.15. The van der Waals surface area contributed by atoms with Gasteiger partial charge in [-0.25, -0.2) is 0 Å². The first-order valence-electron chi connectivity index (χ1n) is 5.52. The summed E-state index contributed by atoms with van der Waals surface area (Å²) in [4.78, 5) is 2.46. The van der Waals surface area contributed by atoms with Crippen LogP contribution in [0.3, 0.4) is 0 Å². The quantitative estimate of drug-likeness (QED) is 0.735. The Bertz CT molecular complexity index is 165. The number of ether oxygens (including phenoxy) is 1. The maximum absolute atomic E-state index is 5.36. The first kappa shape index (κ1) is 12.0. The Kier molecular flexibility index (Phi) is 4.35. The summed E-state index contributed by atoms with van der Waals surface area (Å²) in [5.74, 6) is 0. The molecule has 3 heteroatoms. The molecule has 0 aromatic heterocycles. The van der Waals surface area contributed by atoms with Crippen molar-refractivity contribution in [3.05, 3.63) is 0 Å². The molecular weight excluding hydrogens is 176 g/mol. The summed E-state index contributed by atoms with van der Waals surface area (Å²) in [5, 5.41) is 3.34. The molecule has 0 radical (unpaired) electrons. The molecule has 0 unspecified atom stereocenters. The van der Waals surface area contributed by atoms with Crippen LogP contribution in [-0.2, 0) is 4.74 Å². The Morgan fingerprint density at radius 3 is 2.43 bits per heavy atom. The lowest BCUT2D eigenvalue weighted by atomic mass is 10.0. The molecule has 1 fully saturated rings. The molecule has 0 saturated carbocycles. The predicted molar refractivity (Wildman–Crippen MR) is 59.6 cm³/mol. The van der Waals surface area contributed by atoms with Crippen LogP contribution in [0.4, 0.5) is 0 Å². The SMILES string of the molecule is CNC(C)(C)CN(C)C1CCOCC1. The van der Waals surface area contributed by atoms with Crippen LogP contribution < -0.4 is 5.32 Å². The zero-order valence-electron chi connectivity index (χ0n) is 9.97. The van der Waals surface area contributed by atoms with E-state index in [-0.39, 0.29) is 5.54 Å². The molecule has 0 atom stereocenters. The maximum atomic E-state index is 5.36. The molecule has 1 heterocycles. The predicted octanol–water partition coefficient (Wildman–Crippen LogP) is 1.10. The fraction of sp³-hybridized carbons (Fsp3) is 1.00. The molecule has 1 aliphatic rings. The van der Waals surface area contributed by atoms with E-state index in [4.69, 9.17) is 4.74 Å². The van der Waals surface area contributed by atoms with Crippen molar-refractivity contribution in [1.82, 2.24) is 10.2 Å². The minimum absolute atomic E-state index is 0.201. The molecule has 0 aromatic rings. The van der Waals surface area contributed by atoms with Crippen LogP contribution in [0.2, 0.25) is 0 Å². The van der Waals surface area contributed by atoms with Gasteiger partial charge >= 0.3 is 0 Å². The lowest BCUT2D eigenvalue weighted by Gasteiger charge is -2.36. The Morgan fingerprint density at radius 2 is 1.93 bits per heavy atom. The van der Waals surface area contributed by atoms with Crippen LogP contribution in [0.5, 0.6) is 0 Å². The second kappa shape index (κ2) is 5.10. The summed E-state index contributed by atoms with van der Waals surface area (Å²) < 4.78 is 5.36. The molecule has 0 bridgehead atoms. The summed E-state index contributed by atoms with van der Waals surface area (Å²) >= 11 is 0. The molecule has 1 aliphatic heterocycles. The van der Waals surface area contributed by atoms with Crippen molar-refractivity contribution in [2.75, 3.05) is 33.9 Å². The van der Waals surface area contributed by atoms with Gasteiger partial charge in [-0.05, 0) is 40.8 Å². The normalized spacial score (nSPS) is 20.4. The molecule has 0 aromatic carbocycles. The summed E-state index contributed by atoms with van der Waals surface area (Å²) in [6.07, 6.45) is 2.35. The second-order valence-electron chi connectivity index (χ2n) is 4.89. The van der Waals surface area contributed by atoms with E-state index < -0.39 is 0 Å². The summed E-state index contributed by atoms with van der Waals surface area (Å²) in [6, 6.07) is 0.705. The van der Waals surface area contributed by atoms with Gasteiger partial charge in [0.2, 0.25) is 0 Å². The van der Waals surface area contributed by atoms with Crippen LogP contribution >= 0.6 is 0 Å². The van der Waals surface area contributed by atoms with Crippen molar-refractivity contribution < 1.29 is 4.74 Å². The van der Waals surface area contributed by atoms with Gasteiger partial charge in [0, 0.05) is 31.3 Å². The fourth-order valence-corrected chi connectivity index (χ4v) is 1.96. The Morgan fingerprint density at radius 1 is 1.36 bits per heavy atom. The van der Waals surface area contributed by atoms with Gasteiger partial charge in [0.15, 0.2) is 0 Å². The third-order valence-electron chi connectivity index (χ3n) is 3.14. The number of nitrogens with one attached hydrogen (secondary N) is 1. The van der Waals surface area contributed by atoms with Crippen LogP contribution in [0, 0.1) is 0 Å². The molecule has 14 heavy (non-hydrogen) atoms. The third kappa shape index (κ3) is 3.56. The molecular formula is C11H24N2O. The standard InChI is InChI=1S/C11H24N2O/c1-11(2,12-3)9-13(4)10-5-7-14-8-6-10/h10,12H,5-9H2,1-4H3. The van der Waals surface area contributed by atoms with Crippen LogP contribution in [0.15, 0.2) is 0 Å². The Labute approximate surface area is 87.8 Å². The fourth-order valence-electron chi connectivity index (χ4n) is 1.96. The lowest BCUT2D eigenvalue weighted by molar-refractivity contribution is 0.0361. The average Bonchev–Trinajstić information content (AvgIpc) is 2.19. The van der Waals surface area contributed by atoms with E-state index in [0.29, 0.717) is 6.04 Å². The molecule has 1 N–H and O–H groups in total. The van der Waals surface area contributed by atoms with Crippen LogP contribution in [-0.4, -0.2) is 50.3 Å². The van der Waals surface area contributed by atoms with E-state index in [1.165, 1.54) is 12.8 Å². The van der Waals surface area contributed by atoms with Crippen molar-refractivity contribution >= 4 is 0 Å². The number of rotatable bonds is 4. The molecule has 1 saturated heterocycles. The lowest BCUT2D eigenvalue weighted by Crippen LogP contribution is -2.50. The van der Waals surface area contributed by atoms with Crippen LogP contribution in [0.1, 0.15) is 26.7 Å². The van der Waals surface area contributed by atoms with E-state index in [9.17, 15) is 0 Å². The molecule has 1 rings (SSSR count). The monoisotopic (exact) mass is 200 g/mol. The first-order chi connectivity index (χ1) is 6.55. The van der Waals surface area contributed by atoms with Crippen molar-refractivity contribution in [3.8, 4) is 0 Å². The molecule has 3 nitrogen and oxygen atoms in total. The van der Waals surface area contributed by atoms with E-state index in [1.54, 1.807) is 0 Å². The van der Waals surface area contributed by atoms with Crippen molar-refractivity contribution in [2.24, 2.45) is 0 Å². The first-order valence-corrected chi connectivity index (χ1v) is 5.52. The number of hydrogen-bond donors (Lipinski definition) is 1. The largest absolute Gasteiger partial charge is 0.381 e.